The van der Waals surface area contributed by atoms with Crippen LogP contribution >= 0.6 is 11.3 Å². The quantitative estimate of drug-likeness (QED) is 0.249. The van der Waals surface area contributed by atoms with Gasteiger partial charge >= 0.3 is 0 Å². The highest BCUT2D eigenvalue weighted by atomic mass is 32.1. The number of pyridine rings is 1. The van der Waals surface area contributed by atoms with Crippen molar-refractivity contribution >= 4 is 58.7 Å². The number of nitrogens with zero attached hydrogens (tertiary/aromatic N) is 3. The number of rotatable bonds is 2. The molecule has 0 radical (unpaired) electrons. The highest BCUT2D eigenvalue weighted by Crippen LogP contribution is 2.42. The third-order valence-corrected chi connectivity index (χ3v) is 8.38. The maximum atomic E-state index is 4.66. The fourth-order valence-electron chi connectivity index (χ4n) is 5.50. The van der Waals surface area contributed by atoms with Crippen molar-refractivity contribution in [3.63, 3.8) is 0 Å². The molecule has 0 saturated carbocycles. The third-order valence-electron chi connectivity index (χ3n) is 7.16. The number of thiophene rings is 1. The van der Waals surface area contributed by atoms with Crippen molar-refractivity contribution in [3.8, 4) is 22.5 Å². The van der Waals surface area contributed by atoms with Gasteiger partial charge in [-0.25, -0.2) is 0 Å². The van der Waals surface area contributed by atoms with E-state index in [0.29, 0.717) is 0 Å². The first-order valence-corrected chi connectivity index (χ1v) is 12.8. The Kier molecular flexibility index (Phi) is 4.10. The summed E-state index contributed by atoms with van der Waals surface area (Å²) in [6, 6.07) is 38.9. The lowest BCUT2D eigenvalue weighted by Crippen LogP contribution is -1.92. The Morgan fingerprint density at radius 2 is 1.17 bits per heavy atom. The first-order valence-electron chi connectivity index (χ1n) is 12.0. The van der Waals surface area contributed by atoms with E-state index in [1.54, 1.807) is 0 Å². The summed E-state index contributed by atoms with van der Waals surface area (Å²) in [5.41, 5.74) is 4.48. The normalized spacial score (nSPS) is 11.9. The molecule has 36 heavy (non-hydrogen) atoms. The van der Waals surface area contributed by atoms with E-state index in [0.717, 1.165) is 22.4 Å². The standard InChI is InChI=1S/C32H19N3S/c1-2-9-21-20(8-1)18-19-35-31(21)33-34-32(35)28-16-6-11-22-23(12-5-13-24(22)28)26-14-7-15-27-25-10-3-4-17-29(25)36-30(26)27/h1-19H. The molecule has 0 aliphatic rings. The molecule has 0 bridgehead atoms. The molecule has 0 unspecified atom stereocenters. The molecule has 0 N–H and O–H groups in total. The second-order valence-corrected chi connectivity index (χ2v) is 10.2. The molecular weight excluding hydrogens is 458 g/mol. The van der Waals surface area contributed by atoms with E-state index >= 15 is 0 Å². The second-order valence-electron chi connectivity index (χ2n) is 9.11. The smallest absolute Gasteiger partial charge is 0.168 e. The molecule has 8 aromatic rings. The van der Waals surface area contributed by atoms with Gasteiger partial charge in [-0.2, -0.15) is 0 Å². The minimum atomic E-state index is 0.860. The number of benzene rings is 5. The van der Waals surface area contributed by atoms with Crippen LogP contribution in [0.2, 0.25) is 0 Å². The van der Waals surface area contributed by atoms with Crippen LogP contribution in [0.15, 0.2) is 115 Å². The Morgan fingerprint density at radius 1 is 0.500 bits per heavy atom. The molecule has 0 atom stereocenters. The summed E-state index contributed by atoms with van der Waals surface area (Å²) in [7, 11) is 0. The molecule has 0 amide bonds. The number of hydrogen-bond acceptors (Lipinski definition) is 3. The maximum Gasteiger partial charge on any atom is 0.168 e. The van der Waals surface area contributed by atoms with Gasteiger partial charge in [0.1, 0.15) is 0 Å². The third kappa shape index (κ3) is 2.73. The largest absolute Gasteiger partial charge is 0.282 e. The lowest BCUT2D eigenvalue weighted by molar-refractivity contribution is 1.11. The van der Waals surface area contributed by atoms with Crippen molar-refractivity contribution < 1.29 is 0 Å². The van der Waals surface area contributed by atoms with Crippen LogP contribution in [0.3, 0.4) is 0 Å². The zero-order chi connectivity index (χ0) is 23.6. The van der Waals surface area contributed by atoms with Crippen LogP contribution in [0.1, 0.15) is 0 Å². The average molecular weight is 478 g/mol. The van der Waals surface area contributed by atoms with E-state index in [1.807, 2.05) is 11.3 Å². The molecule has 0 aliphatic carbocycles. The summed E-state index contributed by atoms with van der Waals surface area (Å²) in [4.78, 5) is 0. The number of aromatic nitrogens is 3. The van der Waals surface area contributed by atoms with Gasteiger partial charge in [-0.1, -0.05) is 97.1 Å². The van der Waals surface area contributed by atoms with Gasteiger partial charge in [-0.05, 0) is 33.9 Å². The summed E-state index contributed by atoms with van der Waals surface area (Å²) >= 11 is 1.87. The molecule has 8 rings (SSSR count). The Bertz CT molecular complexity index is 2120. The van der Waals surface area contributed by atoms with Gasteiger partial charge in [-0.3, -0.25) is 4.40 Å². The maximum absolute atomic E-state index is 4.66. The lowest BCUT2D eigenvalue weighted by Gasteiger charge is -2.11. The van der Waals surface area contributed by atoms with E-state index in [4.69, 9.17) is 0 Å². The van der Waals surface area contributed by atoms with Gasteiger partial charge in [0.25, 0.3) is 0 Å². The average Bonchev–Trinajstić information content (AvgIpc) is 3.54. The molecule has 3 heterocycles. The SMILES string of the molecule is c1ccc2c(c1)ccn1c(-c3cccc4c(-c5cccc6c5sc5ccccc56)cccc34)nnc21. The Balaban J connectivity index is 1.40. The molecule has 0 fully saturated rings. The molecule has 0 spiro atoms. The van der Waals surface area contributed by atoms with Gasteiger partial charge in [0.2, 0.25) is 0 Å². The zero-order valence-electron chi connectivity index (χ0n) is 19.2. The first-order chi connectivity index (χ1) is 17.9. The van der Waals surface area contributed by atoms with Crippen LogP contribution in [-0.4, -0.2) is 14.6 Å². The predicted octanol–water partition coefficient (Wildman–Crippen LogP) is 8.74. The minimum absolute atomic E-state index is 0.860. The monoisotopic (exact) mass is 477 g/mol. The minimum Gasteiger partial charge on any atom is -0.282 e. The fraction of sp³-hybridized carbons (Fsp3) is 0. The lowest BCUT2D eigenvalue weighted by atomic mass is 9.94. The summed E-state index contributed by atoms with van der Waals surface area (Å²) in [6.07, 6.45) is 2.08. The molecule has 168 valence electrons. The van der Waals surface area contributed by atoms with E-state index < -0.39 is 0 Å². The molecular formula is C32H19N3S. The van der Waals surface area contributed by atoms with E-state index in [2.05, 4.69) is 130 Å². The van der Waals surface area contributed by atoms with Crippen molar-refractivity contribution in [2.24, 2.45) is 0 Å². The van der Waals surface area contributed by atoms with Gasteiger partial charge in [-0.15, -0.1) is 21.5 Å². The van der Waals surface area contributed by atoms with Crippen molar-refractivity contribution in [1.29, 1.82) is 0 Å². The number of fused-ring (bicyclic) bond motifs is 7. The van der Waals surface area contributed by atoms with E-state index in [1.165, 1.54) is 47.5 Å². The Hall–Kier alpha value is -4.54. The zero-order valence-corrected chi connectivity index (χ0v) is 20.0. The van der Waals surface area contributed by atoms with Crippen LogP contribution in [0.5, 0.6) is 0 Å². The predicted molar refractivity (Wildman–Crippen MR) is 152 cm³/mol. The summed E-state index contributed by atoms with van der Waals surface area (Å²) in [5, 5.41) is 16.6. The Labute approximate surface area is 210 Å². The molecule has 4 heteroatoms. The van der Waals surface area contributed by atoms with Crippen molar-refractivity contribution in [2.75, 3.05) is 0 Å². The summed E-state index contributed by atoms with van der Waals surface area (Å²) in [6.45, 7) is 0. The van der Waals surface area contributed by atoms with Crippen LogP contribution in [0.25, 0.3) is 69.9 Å². The van der Waals surface area contributed by atoms with Gasteiger partial charge in [0.15, 0.2) is 11.5 Å². The molecule has 5 aromatic carbocycles. The van der Waals surface area contributed by atoms with Crippen LogP contribution in [-0.2, 0) is 0 Å². The fourth-order valence-corrected chi connectivity index (χ4v) is 6.73. The van der Waals surface area contributed by atoms with Gasteiger partial charge < -0.3 is 0 Å². The van der Waals surface area contributed by atoms with Crippen molar-refractivity contribution in [1.82, 2.24) is 14.6 Å². The van der Waals surface area contributed by atoms with Gasteiger partial charge in [0.05, 0.1) is 0 Å². The van der Waals surface area contributed by atoms with E-state index in [-0.39, 0.29) is 0 Å². The highest BCUT2D eigenvalue weighted by molar-refractivity contribution is 7.26. The topological polar surface area (TPSA) is 30.2 Å². The van der Waals surface area contributed by atoms with Gasteiger partial charge in [0, 0.05) is 42.9 Å². The van der Waals surface area contributed by atoms with Crippen LogP contribution in [0, 0.1) is 0 Å². The Morgan fingerprint density at radius 3 is 2.06 bits per heavy atom. The first kappa shape index (κ1) is 19.7. The highest BCUT2D eigenvalue weighted by Gasteiger charge is 2.16. The molecule has 3 aromatic heterocycles. The number of hydrogen-bond donors (Lipinski definition) is 0. The summed E-state index contributed by atoms with van der Waals surface area (Å²) < 4.78 is 4.76. The van der Waals surface area contributed by atoms with Crippen molar-refractivity contribution in [2.45, 2.75) is 0 Å². The molecule has 0 saturated heterocycles. The van der Waals surface area contributed by atoms with E-state index in [9.17, 15) is 0 Å². The van der Waals surface area contributed by atoms with Crippen LogP contribution in [0.4, 0.5) is 0 Å². The van der Waals surface area contributed by atoms with Crippen molar-refractivity contribution in [3.05, 3.63) is 115 Å². The molecule has 0 aliphatic heterocycles. The molecule has 3 nitrogen and oxygen atoms in total. The summed E-state index contributed by atoms with van der Waals surface area (Å²) in [5.74, 6) is 0.860. The van der Waals surface area contributed by atoms with Crippen LogP contribution < -0.4 is 0 Å². The second kappa shape index (κ2) is 7.48.